The van der Waals surface area contributed by atoms with Gasteiger partial charge in [-0.25, -0.2) is 0 Å². The molecule has 0 radical (unpaired) electrons. The summed E-state index contributed by atoms with van der Waals surface area (Å²) in [6.45, 7) is 5.28. The predicted octanol–water partition coefficient (Wildman–Crippen LogP) is 7.28. The maximum absolute atomic E-state index is 9.02. The molecular weight excluding hydrogens is 501 g/mol. The maximum atomic E-state index is 9.02. The molecule has 4 aromatic carbocycles. The van der Waals surface area contributed by atoms with Gasteiger partial charge in [0.05, 0.1) is 18.3 Å². The average molecular weight is 539 g/mol. The first-order chi connectivity index (χ1) is 17.8. The normalized spacial score (nSPS) is 11.9. The van der Waals surface area contributed by atoms with Gasteiger partial charge >= 0.3 is 68.6 Å². The standard InChI is InChI=1S/3C8H10O.C7H7NO.V/c3*1-7(9)8-5-3-2-4-6-8;1-9-7-4-2-6(8)3-5-7;/h3*2-7,9H,1H3;2-5H,1H3;/t3*7-;;/m111../s1. The number of aliphatic hydroxyl groups excluding tert-OH is 3. The Labute approximate surface area is 230 Å². The summed E-state index contributed by atoms with van der Waals surface area (Å²) in [4.78, 5) is 0. The van der Waals surface area contributed by atoms with Crippen LogP contribution in [-0.4, -0.2) is 22.4 Å². The van der Waals surface area contributed by atoms with E-state index in [-0.39, 0.29) is 18.3 Å². The average Bonchev–Trinajstić information content (AvgIpc) is 2.95. The molecule has 4 aromatic rings. The van der Waals surface area contributed by atoms with E-state index < -0.39 is 0 Å². The summed E-state index contributed by atoms with van der Waals surface area (Å²) in [7, 11) is 1.65. The van der Waals surface area contributed by atoms with Crippen molar-refractivity contribution in [1.29, 1.82) is 0 Å². The van der Waals surface area contributed by atoms with Crippen LogP contribution in [0.25, 0.3) is 0 Å². The zero-order chi connectivity index (χ0) is 27.5. The summed E-state index contributed by atoms with van der Waals surface area (Å²) in [5.41, 5.74) is 3.85. The molecule has 0 aliphatic rings. The Morgan fingerprint density at radius 2 is 0.838 bits per heavy atom. The number of hydrogen-bond acceptors (Lipinski definition) is 5. The van der Waals surface area contributed by atoms with Crippen LogP contribution < -0.4 is 4.74 Å². The van der Waals surface area contributed by atoms with Gasteiger partial charge in [0.2, 0.25) is 0 Å². The maximum Gasteiger partial charge on any atom is 0.0761 e. The van der Waals surface area contributed by atoms with E-state index in [9.17, 15) is 0 Å². The van der Waals surface area contributed by atoms with Crippen molar-refractivity contribution in [3.63, 3.8) is 0 Å². The van der Waals surface area contributed by atoms with Gasteiger partial charge in [-0.3, -0.25) is 0 Å². The van der Waals surface area contributed by atoms with Gasteiger partial charge in [-0.2, -0.15) is 0 Å². The summed E-state index contributed by atoms with van der Waals surface area (Å²) in [5, 5.41) is 27.1. The number of benzene rings is 4. The molecule has 3 N–H and O–H groups in total. The van der Waals surface area contributed by atoms with Crippen molar-refractivity contribution >= 4 is 5.69 Å². The first-order valence-corrected chi connectivity index (χ1v) is 12.6. The van der Waals surface area contributed by atoms with Crippen molar-refractivity contribution in [3.05, 3.63) is 132 Å². The molecule has 4 rings (SSSR count). The van der Waals surface area contributed by atoms with Crippen LogP contribution in [0.4, 0.5) is 5.69 Å². The Morgan fingerprint density at radius 3 is 1.03 bits per heavy atom. The second kappa shape index (κ2) is 19.1. The van der Waals surface area contributed by atoms with Crippen LogP contribution in [0, 0.1) is 0 Å². The fourth-order valence-electron chi connectivity index (χ4n) is 2.84. The zero-order valence-electron chi connectivity index (χ0n) is 21.8. The Kier molecular flexibility index (Phi) is 16.5. The molecule has 0 aromatic heterocycles. The topological polar surface area (TPSA) is 82.3 Å². The van der Waals surface area contributed by atoms with E-state index in [1.807, 2.05) is 115 Å². The molecule has 0 fully saturated rings. The van der Waals surface area contributed by atoms with Crippen LogP contribution in [0.5, 0.6) is 5.75 Å². The van der Waals surface area contributed by atoms with E-state index in [0.717, 1.165) is 28.1 Å². The van der Waals surface area contributed by atoms with Crippen LogP contribution in [-0.2, 0) is 17.2 Å². The van der Waals surface area contributed by atoms with Gasteiger partial charge in [0.15, 0.2) is 0 Å². The summed E-state index contributed by atoms with van der Waals surface area (Å²) in [5.74, 6) is 0.861. The fourth-order valence-corrected chi connectivity index (χ4v) is 3.05. The molecule has 5 nitrogen and oxygen atoms in total. The van der Waals surface area contributed by atoms with E-state index in [1.165, 1.54) is 0 Å². The Morgan fingerprint density at radius 1 is 0.541 bits per heavy atom. The van der Waals surface area contributed by atoms with E-state index in [0.29, 0.717) is 0 Å². The first kappa shape index (κ1) is 32.0. The van der Waals surface area contributed by atoms with E-state index in [4.69, 9.17) is 20.1 Å². The van der Waals surface area contributed by atoms with Gasteiger partial charge < -0.3 is 15.3 Å². The van der Waals surface area contributed by atoms with Gasteiger partial charge in [0.1, 0.15) is 0 Å². The second-order valence-corrected chi connectivity index (χ2v) is 8.37. The molecule has 0 saturated carbocycles. The van der Waals surface area contributed by atoms with Crippen LogP contribution in [0.15, 0.2) is 119 Å². The van der Waals surface area contributed by atoms with Crippen molar-refractivity contribution in [2.45, 2.75) is 39.1 Å². The number of nitrogens with zero attached hydrogens (tertiary/aromatic N) is 1. The van der Waals surface area contributed by atoms with Crippen LogP contribution >= 0.6 is 0 Å². The van der Waals surface area contributed by atoms with E-state index in [1.54, 1.807) is 27.9 Å². The molecule has 195 valence electrons. The number of ether oxygens (including phenoxy) is 1. The minimum Gasteiger partial charge on any atom is -0.389 e. The summed E-state index contributed by atoms with van der Waals surface area (Å²) < 4.78 is 8.89. The number of rotatable bonds is 5. The van der Waals surface area contributed by atoms with Gasteiger partial charge in [-0.05, 0) is 37.5 Å². The Balaban J connectivity index is 0.000000247. The van der Waals surface area contributed by atoms with E-state index >= 15 is 0 Å². The zero-order valence-corrected chi connectivity index (χ0v) is 23.2. The van der Waals surface area contributed by atoms with Crippen molar-refractivity contribution < 1.29 is 37.3 Å². The van der Waals surface area contributed by atoms with Crippen LogP contribution in [0.3, 0.4) is 0 Å². The minimum atomic E-state index is -0.341. The Bertz CT molecular complexity index is 985. The van der Waals surface area contributed by atoms with Gasteiger partial charge in [-0.1, -0.05) is 91.0 Å². The molecule has 0 spiro atoms. The molecule has 6 heteroatoms. The largest absolute Gasteiger partial charge is 0.389 e. The molecule has 37 heavy (non-hydrogen) atoms. The SMILES string of the molecule is COc1ccc([N]=[V])cc1.C[C@@H](O)c1ccccc1.C[C@@H](O)c1ccccc1.C[C@@H](O)c1ccccc1. The summed E-state index contributed by atoms with van der Waals surface area (Å²) >= 11 is 2.17. The predicted molar refractivity (Wildman–Crippen MR) is 146 cm³/mol. The fraction of sp³-hybridized carbons (Fsp3) is 0.226. The molecule has 0 bridgehead atoms. The summed E-state index contributed by atoms with van der Waals surface area (Å²) in [6, 6.07) is 36.3. The van der Waals surface area contributed by atoms with E-state index in [2.05, 4.69) is 21.0 Å². The summed E-state index contributed by atoms with van der Waals surface area (Å²) in [6.07, 6.45) is -1.02. The third-order valence-corrected chi connectivity index (χ3v) is 5.39. The number of hydrogen-bond donors (Lipinski definition) is 3. The molecule has 3 atom stereocenters. The Hall–Kier alpha value is -3.06. The van der Waals surface area contributed by atoms with Crippen molar-refractivity contribution in [1.82, 2.24) is 0 Å². The van der Waals surface area contributed by atoms with Crippen molar-refractivity contribution in [3.8, 4) is 5.75 Å². The monoisotopic (exact) mass is 538 g/mol. The quantitative estimate of drug-likeness (QED) is 0.249. The smallest absolute Gasteiger partial charge is 0.0761 e. The molecule has 0 saturated heterocycles. The third-order valence-electron chi connectivity index (χ3n) is 5.03. The third kappa shape index (κ3) is 14.3. The molecule has 0 heterocycles. The molecule has 0 unspecified atom stereocenters. The second-order valence-electron chi connectivity index (χ2n) is 8.06. The van der Waals surface area contributed by atoms with Crippen LogP contribution in [0.1, 0.15) is 55.8 Å². The molecular formula is C31H37NO4V. The number of methoxy groups -OCH3 is 1. The van der Waals surface area contributed by atoms with Gasteiger partial charge in [0, 0.05) is 0 Å². The van der Waals surface area contributed by atoms with Crippen LogP contribution in [0.2, 0.25) is 0 Å². The molecule has 0 amide bonds. The van der Waals surface area contributed by atoms with Crippen molar-refractivity contribution in [2.75, 3.05) is 7.11 Å². The number of aliphatic hydroxyl groups is 3. The first-order valence-electron chi connectivity index (χ1n) is 12.0. The van der Waals surface area contributed by atoms with Gasteiger partial charge in [0.25, 0.3) is 0 Å². The van der Waals surface area contributed by atoms with Crippen molar-refractivity contribution in [2.24, 2.45) is 3.79 Å². The minimum absolute atomic E-state index is 0.341. The molecule has 0 aliphatic carbocycles. The van der Waals surface area contributed by atoms with Gasteiger partial charge in [-0.15, -0.1) is 0 Å². The molecule has 0 aliphatic heterocycles.